The van der Waals surface area contributed by atoms with Crippen LogP contribution in [-0.2, 0) is 11.3 Å². The first-order chi connectivity index (χ1) is 9.15. The summed E-state index contributed by atoms with van der Waals surface area (Å²) in [5, 5.41) is 7.34. The zero-order valence-corrected chi connectivity index (χ0v) is 11.1. The minimum Gasteiger partial charge on any atom is -0.397 e. The molecule has 0 aliphatic heterocycles. The highest BCUT2D eigenvalue weighted by Crippen LogP contribution is 2.22. The second kappa shape index (κ2) is 6.24. The van der Waals surface area contributed by atoms with E-state index in [2.05, 4.69) is 10.4 Å². The van der Waals surface area contributed by atoms with Gasteiger partial charge in [0.2, 0.25) is 5.91 Å². The van der Waals surface area contributed by atoms with Gasteiger partial charge >= 0.3 is 0 Å². The first kappa shape index (κ1) is 13.4. The third-order valence-electron chi connectivity index (χ3n) is 2.63. The van der Waals surface area contributed by atoms with E-state index in [0.717, 1.165) is 13.0 Å². The Morgan fingerprint density at radius 3 is 3.00 bits per heavy atom. The van der Waals surface area contributed by atoms with Crippen molar-refractivity contribution < 1.29 is 4.79 Å². The number of aromatic nitrogens is 2. The van der Waals surface area contributed by atoms with Crippen molar-refractivity contribution in [2.24, 2.45) is 0 Å². The number of nitrogens with zero attached hydrogens (tertiary/aromatic N) is 2. The molecule has 6 heteroatoms. The van der Waals surface area contributed by atoms with Gasteiger partial charge in [0.25, 0.3) is 0 Å². The Morgan fingerprint density at radius 2 is 2.32 bits per heavy atom. The van der Waals surface area contributed by atoms with Crippen LogP contribution in [-0.4, -0.2) is 15.7 Å². The number of halogens is 1. The van der Waals surface area contributed by atoms with Crippen LogP contribution in [0.15, 0.2) is 36.7 Å². The Labute approximate surface area is 116 Å². The molecule has 0 saturated carbocycles. The summed E-state index contributed by atoms with van der Waals surface area (Å²) in [6.45, 7) is 0.725. The summed E-state index contributed by atoms with van der Waals surface area (Å²) in [4.78, 5) is 11.7. The Morgan fingerprint density at radius 1 is 1.47 bits per heavy atom. The van der Waals surface area contributed by atoms with Crippen molar-refractivity contribution in [3.63, 3.8) is 0 Å². The van der Waals surface area contributed by atoms with Gasteiger partial charge in [0, 0.05) is 31.0 Å². The quantitative estimate of drug-likeness (QED) is 0.826. The van der Waals surface area contributed by atoms with Gasteiger partial charge in [0.15, 0.2) is 0 Å². The smallest absolute Gasteiger partial charge is 0.224 e. The van der Waals surface area contributed by atoms with Crippen LogP contribution in [0.5, 0.6) is 0 Å². The number of benzene rings is 1. The summed E-state index contributed by atoms with van der Waals surface area (Å²) in [5.74, 6) is -0.0473. The fourth-order valence-corrected chi connectivity index (χ4v) is 1.80. The maximum absolute atomic E-state index is 11.7. The maximum Gasteiger partial charge on any atom is 0.224 e. The molecule has 1 heterocycles. The molecule has 0 atom stereocenters. The highest BCUT2D eigenvalue weighted by atomic mass is 35.5. The maximum atomic E-state index is 11.7. The van der Waals surface area contributed by atoms with E-state index in [9.17, 15) is 4.79 Å². The fourth-order valence-electron chi connectivity index (χ4n) is 1.68. The molecule has 0 spiro atoms. The molecule has 5 nitrogen and oxygen atoms in total. The molecule has 0 aliphatic carbocycles. The van der Waals surface area contributed by atoms with E-state index in [1.807, 2.05) is 12.3 Å². The average molecular weight is 279 g/mol. The van der Waals surface area contributed by atoms with Gasteiger partial charge in [-0.2, -0.15) is 5.10 Å². The molecule has 2 rings (SSSR count). The van der Waals surface area contributed by atoms with Crippen molar-refractivity contribution in [3.8, 4) is 0 Å². The number of aryl methyl sites for hydroxylation is 1. The zero-order valence-electron chi connectivity index (χ0n) is 10.3. The highest BCUT2D eigenvalue weighted by Gasteiger charge is 2.04. The minimum atomic E-state index is -0.0473. The van der Waals surface area contributed by atoms with Crippen LogP contribution in [0.3, 0.4) is 0 Å². The van der Waals surface area contributed by atoms with E-state index in [1.54, 1.807) is 29.1 Å². The van der Waals surface area contributed by atoms with E-state index in [4.69, 9.17) is 17.3 Å². The summed E-state index contributed by atoms with van der Waals surface area (Å²) < 4.78 is 1.80. The molecule has 0 radical (unpaired) electrons. The number of hydrogen-bond donors (Lipinski definition) is 2. The molecule has 19 heavy (non-hydrogen) atoms. The number of carbonyl (C=O) groups excluding carboxylic acids is 1. The number of rotatable bonds is 5. The van der Waals surface area contributed by atoms with Crippen molar-refractivity contribution in [1.29, 1.82) is 0 Å². The predicted octanol–water partition coefficient (Wildman–Crippen LogP) is 2.54. The van der Waals surface area contributed by atoms with Gasteiger partial charge in [-0.05, 0) is 30.7 Å². The highest BCUT2D eigenvalue weighted by molar-refractivity contribution is 6.33. The third-order valence-corrected chi connectivity index (χ3v) is 2.97. The number of nitrogens with two attached hydrogens (primary N) is 1. The van der Waals surface area contributed by atoms with Gasteiger partial charge in [-0.25, -0.2) is 0 Å². The van der Waals surface area contributed by atoms with Crippen molar-refractivity contribution in [3.05, 3.63) is 41.7 Å². The molecule has 0 unspecified atom stereocenters. The van der Waals surface area contributed by atoms with Crippen LogP contribution in [0.1, 0.15) is 12.8 Å². The fraction of sp³-hybridized carbons (Fsp3) is 0.231. The molecule has 100 valence electrons. The number of nitrogens with one attached hydrogen (secondary N) is 1. The summed E-state index contributed by atoms with van der Waals surface area (Å²) in [7, 11) is 0. The van der Waals surface area contributed by atoms with Gasteiger partial charge in [0.1, 0.15) is 0 Å². The lowest BCUT2D eigenvalue weighted by atomic mass is 10.2. The Bertz CT molecular complexity index is 554. The molecule has 0 bridgehead atoms. The van der Waals surface area contributed by atoms with Crippen molar-refractivity contribution in [2.75, 3.05) is 11.1 Å². The molecule has 2 aromatic rings. The molecule has 1 aromatic heterocycles. The van der Waals surface area contributed by atoms with Crippen molar-refractivity contribution in [2.45, 2.75) is 19.4 Å². The first-order valence-corrected chi connectivity index (χ1v) is 6.35. The minimum absolute atomic E-state index is 0.0473. The standard InChI is InChI=1S/C13H15ClN4O/c14-11-5-4-10(9-12(11)15)17-13(19)3-1-7-18-8-2-6-16-18/h2,4-6,8-9H,1,3,7,15H2,(H,17,19). The normalized spacial score (nSPS) is 10.4. The molecule has 1 amide bonds. The zero-order chi connectivity index (χ0) is 13.7. The molecule has 0 aliphatic rings. The Balaban J connectivity index is 1.79. The second-order valence-corrected chi connectivity index (χ2v) is 4.56. The topological polar surface area (TPSA) is 72.9 Å². The number of hydrogen-bond acceptors (Lipinski definition) is 3. The Kier molecular flexibility index (Phi) is 4.41. The van der Waals surface area contributed by atoms with Crippen LogP contribution < -0.4 is 11.1 Å². The lowest BCUT2D eigenvalue weighted by Gasteiger charge is -2.07. The lowest BCUT2D eigenvalue weighted by Crippen LogP contribution is -2.12. The van der Waals surface area contributed by atoms with E-state index >= 15 is 0 Å². The summed E-state index contributed by atoms with van der Waals surface area (Å²) in [5.41, 5.74) is 6.78. The van der Waals surface area contributed by atoms with Gasteiger partial charge in [-0.1, -0.05) is 11.6 Å². The second-order valence-electron chi connectivity index (χ2n) is 4.16. The van der Waals surface area contributed by atoms with E-state index < -0.39 is 0 Å². The van der Waals surface area contributed by atoms with Crippen LogP contribution in [0.4, 0.5) is 11.4 Å². The third kappa shape index (κ3) is 3.99. The molecule has 0 fully saturated rings. The number of nitrogen functional groups attached to an aromatic ring is 1. The predicted molar refractivity (Wildman–Crippen MR) is 76.0 cm³/mol. The van der Waals surface area contributed by atoms with Crippen LogP contribution in [0, 0.1) is 0 Å². The Hall–Kier alpha value is -2.01. The van der Waals surface area contributed by atoms with Crippen LogP contribution in [0.25, 0.3) is 0 Å². The van der Waals surface area contributed by atoms with Gasteiger partial charge in [0.05, 0.1) is 10.7 Å². The summed E-state index contributed by atoms with van der Waals surface area (Å²) in [6.07, 6.45) is 4.76. The number of amides is 1. The van der Waals surface area contributed by atoms with Gasteiger partial charge in [-0.15, -0.1) is 0 Å². The first-order valence-electron chi connectivity index (χ1n) is 5.97. The molecule has 0 saturated heterocycles. The van der Waals surface area contributed by atoms with Gasteiger partial charge < -0.3 is 11.1 Å². The average Bonchev–Trinajstić information content (AvgIpc) is 2.87. The van der Waals surface area contributed by atoms with E-state index in [0.29, 0.717) is 22.8 Å². The van der Waals surface area contributed by atoms with Crippen LogP contribution >= 0.6 is 11.6 Å². The van der Waals surface area contributed by atoms with E-state index in [-0.39, 0.29) is 5.91 Å². The molecular weight excluding hydrogens is 264 g/mol. The van der Waals surface area contributed by atoms with Gasteiger partial charge in [-0.3, -0.25) is 9.48 Å². The van der Waals surface area contributed by atoms with Crippen molar-refractivity contribution in [1.82, 2.24) is 9.78 Å². The summed E-state index contributed by atoms with van der Waals surface area (Å²) >= 11 is 5.81. The molecule has 1 aromatic carbocycles. The SMILES string of the molecule is Nc1cc(NC(=O)CCCn2cccn2)ccc1Cl. The molecular formula is C13H15ClN4O. The number of anilines is 2. The monoisotopic (exact) mass is 278 g/mol. The van der Waals surface area contributed by atoms with Crippen LogP contribution in [0.2, 0.25) is 5.02 Å². The number of carbonyl (C=O) groups is 1. The lowest BCUT2D eigenvalue weighted by molar-refractivity contribution is -0.116. The van der Waals surface area contributed by atoms with E-state index in [1.165, 1.54) is 0 Å². The summed E-state index contributed by atoms with van der Waals surface area (Å²) in [6, 6.07) is 6.89. The van der Waals surface area contributed by atoms with Crippen molar-refractivity contribution >= 4 is 28.9 Å². The largest absolute Gasteiger partial charge is 0.397 e. The molecule has 3 N–H and O–H groups in total.